The van der Waals surface area contributed by atoms with Crippen molar-refractivity contribution in [3.63, 3.8) is 0 Å². The highest BCUT2D eigenvalue weighted by molar-refractivity contribution is 6.04. The SMILES string of the molecule is CC1C(=O)NC(=O)CN1c1c(F)cccc1[C@H](C)O. The van der Waals surface area contributed by atoms with Gasteiger partial charge in [0, 0.05) is 5.56 Å². The summed E-state index contributed by atoms with van der Waals surface area (Å²) in [5, 5.41) is 11.9. The molecule has 1 unspecified atom stereocenters. The number of benzene rings is 1. The number of hydrogen-bond acceptors (Lipinski definition) is 4. The molecule has 1 saturated heterocycles. The Labute approximate surface area is 110 Å². The highest BCUT2D eigenvalue weighted by Crippen LogP contribution is 2.31. The summed E-state index contributed by atoms with van der Waals surface area (Å²) in [6.45, 7) is 2.97. The Balaban J connectivity index is 2.51. The van der Waals surface area contributed by atoms with Crippen LogP contribution in [0.4, 0.5) is 10.1 Å². The number of rotatable bonds is 2. The molecule has 1 aliphatic rings. The smallest absolute Gasteiger partial charge is 0.249 e. The average molecular weight is 266 g/mol. The fraction of sp³-hybridized carbons (Fsp3) is 0.385. The lowest BCUT2D eigenvalue weighted by Crippen LogP contribution is -2.57. The summed E-state index contributed by atoms with van der Waals surface area (Å²) < 4.78 is 14.0. The van der Waals surface area contributed by atoms with Gasteiger partial charge in [-0.15, -0.1) is 0 Å². The van der Waals surface area contributed by atoms with Gasteiger partial charge in [0.15, 0.2) is 0 Å². The molecule has 1 aliphatic heterocycles. The van der Waals surface area contributed by atoms with Crippen LogP contribution in [0.3, 0.4) is 0 Å². The van der Waals surface area contributed by atoms with E-state index in [2.05, 4.69) is 5.32 Å². The molecule has 1 aromatic carbocycles. The maximum absolute atomic E-state index is 14.0. The molecular formula is C13H15FN2O3. The van der Waals surface area contributed by atoms with Crippen LogP contribution in [0.2, 0.25) is 0 Å². The minimum absolute atomic E-state index is 0.105. The Kier molecular flexibility index (Phi) is 3.53. The van der Waals surface area contributed by atoms with Gasteiger partial charge in [-0.05, 0) is 19.9 Å². The summed E-state index contributed by atoms with van der Waals surface area (Å²) in [4.78, 5) is 24.4. The van der Waals surface area contributed by atoms with E-state index in [1.807, 2.05) is 0 Å². The Morgan fingerprint density at radius 1 is 1.47 bits per heavy atom. The molecule has 19 heavy (non-hydrogen) atoms. The highest BCUT2D eigenvalue weighted by Gasteiger charge is 2.33. The minimum atomic E-state index is -0.891. The molecule has 0 spiro atoms. The third-order valence-electron chi connectivity index (χ3n) is 3.18. The van der Waals surface area contributed by atoms with E-state index in [4.69, 9.17) is 0 Å². The second-order valence-electron chi connectivity index (χ2n) is 4.57. The number of imide groups is 1. The highest BCUT2D eigenvalue weighted by atomic mass is 19.1. The molecule has 102 valence electrons. The second-order valence-corrected chi connectivity index (χ2v) is 4.57. The van der Waals surface area contributed by atoms with Crippen molar-refractivity contribution in [1.82, 2.24) is 5.32 Å². The van der Waals surface area contributed by atoms with Crippen molar-refractivity contribution in [3.05, 3.63) is 29.6 Å². The van der Waals surface area contributed by atoms with Crippen molar-refractivity contribution in [3.8, 4) is 0 Å². The molecule has 0 saturated carbocycles. The van der Waals surface area contributed by atoms with Crippen molar-refractivity contribution in [1.29, 1.82) is 0 Å². The van der Waals surface area contributed by atoms with Crippen molar-refractivity contribution in [2.24, 2.45) is 0 Å². The Hall–Kier alpha value is -1.95. The predicted molar refractivity (Wildman–Crippen MR) is 67.0 cm³/mol. The maximum atomic E-state index is 14.0. The van der Waals surface area contributed by atoms with Gasteiger partial charge < -0.3 is 10.0 Å². The number of piperazine rings is 1. The number of hydrogen-bond donors (Lipinski definition) is 2. The molecule has 0 aromatic heterocycles. The largest absolute Gasteiger partial charge is 0.389 e. The van der Waals surface area contributed by atoms with Gasteiger partial charge >= 0.3 is 0 Å². The molecule has 1 fully saturated rings. The number of aliphatic hydroxyl groups excluding tert-OH is 1. The van der Waals surface area contributed by atoms with E-state index in [0.717, 1.165) is 0 Å². The molecular weight excluding hydrogens is 251 g/mol. The van der Waals surface area contributed by atoms with Crippen LogP contribution in [0.15, 0.2) is 18.2 Å². The van der Waals surface area contributed by atoms with Crippen LogP contribution in [0.25, 0.3) is 0 Å². The Morgan fingerprint density at radius 2 is 2.16 bits per heavy atom. The van der Waals surface area contributed by atoms with Crippen molar-refractivity contribution >= 4 is 17.5 Å². The first kappa shape index (κ1) is 13.5. The number of halogens is 1. The number of carbonyl (C=O) groups excluding carboxylic acids is 2. The zero-order chi connectivity index (χ0) is 14.2. The van der Waals surface area contributed by atoms with Gasteiger partial charge in [0.25, 0.3) is 0 Å². The number of carbonyl (C=O) groups is 2. The number of amides is 2. The molecule has 2 N–H and O–H groups in total. The van der Waals surface area contributed by atoms with Crippen LogP contribution < -0.4 is 10.2 Å². The van der Waals surface area contributed by atoms with E-state index in [1.54, 1.807) is 13.0 Å². The van der Waals surface area contributed by atoms with Crippen LogP contribution in [0.1, 0.15) is 25.5 Å². The van der Waals surface area contributed by atoms with Gasteiger partial charge in [-0.3, -0.25) is 14.9 Å². The topological polar surface area (TPSA) is 69.6 Å². The van der Waals surface area contributed by atoms with Crippen molar-refractivity contribution in [2.45, 2.75) is 26.0 Å². The average Bonchev–Trinajstić information content (AvgIpc) is 2.33. The zero-order valence-corrected chi connectivity index (χ0v) is 10.7. The van der Waals surface area contributed by atoms with Gasteiger partial charge in [0.2, 0.25) is 11.8 Å². The fourth-order valence-corrected chi connectivity index (χ4v) is 2.16. The first-order valence-corrected chi connectivity index (χ1v) is 5.98. The Morgan fingerprint density at radius 3 is 2.79 bits per heavy atom. The summed E-state index contributed by atoms with van der Waals surface area (Å²) >= 11 is 0. The number of aliphatic hydroxyl groups is 1. The maximum Gasteiger partial charge on any atom is 0.249 e. The normalized spacial score (nSPS) is 21.3. The number of anilines is 1. The molecule has 5 nitrogen and oxygen atoms in total. The number of nitrogens with zero attached hydrogens (tertiary/aromatic N) is 1. The first-order valence-electron chi connectivity index (χ1n) is 5.98. The quantitative estimate of drug-likeness (QED) is 0.774. The molecule has 1 aromatic rings. The summed E-state index contributed by atoms with van der Waals surface area (Å²) in [7, 11) is 0. The van der Waals surface area contributed by atoms with Crippen molar-refractivity contribution < 1.29 is 19.1 Å². The molecule has 2 rings (SSSR count). The fourth-order valence-electron chi connectivity index (χ4n) is 2.16. The molecule has 2 amide bonds. The van der Waals surface area contributed by atoms with Crippen LogP contribution in [-0.4, -0.2) is 29.5 Å². The van der Waals surface area contributed by atoms with Gasteiger partial charge in [0.1, 0.15) is 11.9 Å². The van der Waals surface area contributed by atoms with Crippen LogP contribution in [0, 0.1) is 5.82 Å². The van der Waals surface area contributed by atoms with Gasteiger partial charge in [-0.2, -0.15) is 0 Å². The van der Waals surface area contributed by atoms with Gasteiger partial charge in [-0.25, -0.2) is 4.39 Å². The lowest BCUT2D eigenvalue weighted by atomic mass is 10.0. The van der Waals surface area contributed by atoms with E-state index >= 15 is 0 Å². The first-order chi connectivity index (χ1) is 8.91. The van der Waals surface area contributed by atoms with E-state index in [0.29, 0.717) is 5.56 Å². The van der Waals surface area contributed by atoms with Crippen LogP contribution in [0.5, 0.6) is 0 Å². The summed E-state index contributed by atoms with van der Waals surface area (Å²) in [6, 6.07) is 3.63. The Bertz CT molecular complexity index is 531. The number of nitrogens with one attached hydrogen (secondary N) is 1. The minimum Gasteiger partial charge on any atom is -0.389 e. The summed E-state index contributed by atoms with van der Waals surface area (Å²) in [5.41, 5.74) is 0.461. The molecule has 0 radical (unpaired) electrons. The van der Waals surface area contributed by atoms with E-state index in [9.17, 15) is 19.1 Å². The van der Waals surface area contributed by atoms with Crippen molar-refractivity contribution in [2.75, 3.05) is 11.4 Å². The standard InChI is InChI=1S/C13H15FN2O3/c1-7-13(19)15-11(18)6-16(7)12-9(8(2)17)4-3-5-10(12)14/h3-5,7-8,17H,6H2,1-2H3,(H,15,18,19)/t7?,8-/m0/s1. The molecule has 0 bridgehead atoms. The molecule has 2 atom stereocenters. The van der Waals surface area contributed by atoms with Gasteiger partial charge in [0.05, 0.1) is 18.3 Å². The van der Waals surface area contributed by atoms with E-state index in [1.165, 1.54) is 24.0 Å². The van der Waals surface area contributed by atoms with Crippen LogP contribution in [-0.2, 0) is 9.59 Å². The second kappa shape index (κ2) is 4.97. The third kappa shape index (κ3) is 2.44. The summed E-state index contributed by atoms with van der Waals surface area (Å²) in [6.07, 6.45) is -0.891. The van der Waals surface area contributed by atoms with Crippen LogP contribution >= 0.6 is 0 Å². The molecule has 0 aliphatic carbocycles. The number of para-hydroxylation sites is 1. The van der Waals surface area contributed by atoms with E-state index in [-0.39, 0.29) is 12.2 Å². The lowest BCUT2D eigenvalue weighted by Gasteiger charge is -2.35. The monoisotopic (exact) mass is 266 g/mol. The van der Waals surface area contributed by atoms with E-state index < -0.39 is 29.8 Å². The van der Waals surface area contributed by atoms with Gasteiger partial charge in [-0.1, -0.05) is 12.1 Å². The molecule has 1 heterocycles. The third-order valence-corrected chi connectivity index (χ3v) is 3.18. The zero-order valence-electron chi connectivity index (χ0n) is 10.7. The summed E-state index contributed by atoms with van der Waals surface area (Å²) in [5.74, 6) is -1.52. The molecule has 6 heteroatoms. The predicted octanol–water partition coefficient (Wildman–Crippen LogP) is 0.730. The lowest BCUT2D eigenvalue weighted by molar-refractivity contribution is -0.132.